The van der Waals surface area contributed by atoms with Crippen molar-refractivity contribution in [3.8, 4) is 0 Å². The van der Waals surface area contributed by atoms with Gasteiger partial charge in [0.2, 0.25) is 5.91 Å². The highest BCUT2D eigenvalue weighted by molar-refractivity contribution is 6.30. The van der Waals surface area contributed by atoms with E-state index in [1.54, 1.807) is 6.07 Å². The zero-order valence-corrected chi connectivity index (χ0v) is 14.5. The van der Waals surface area contributed by atoms with Crippen molar-refractivity contribution in [3.63, 3.8) is 0 Å². The Hall–Kier alpha value is -1.17. The fraction of sp³-hybridized carbons (Fsp3) is 0.611. The van der Waals surface area contributed by atoms with Crippen LogP contribution >= 0.6 is 11.6 Å². The van der Waals surface area contributed by atoms with Crippen LogP contribution in [0.5, 0.6) is 0 Å². The van der Waals surface area contributed by atoms with Gasteiger partial charge in [-0.1, -0.05) is 17.7 Å². The number of piperidine rings is 2. The normalized spacial score (nSPS) is 25.0. The Kier molecular flexibility index (Phi) is 5.74. The molecule has 2 fully saturated rings. The minimum Gasteiger partial charge on any atom is -0.396 e. The highest BCUT2D eigenvalue weighted by Crippen LogP contribution is 2.32. The minimum atomic E-state index is -0.373. The molecule has 0 bridgehead atoms. The number of aliphatic hydroxyl groups is 1. The van der Waals surface area contributed by atoms with Gasteiger partial charge in [0.25, 0.3) is 0 Å². The molecule has 0 saturated carbocycles. The molecule has 0 unspecified atom stereocenters. The van der Waals surface area contributed by atoms with Crippen LogP contribution in [0, 0.1) is 11.7 Å². The highest BCUT2D eigenvalue weighted by atomic mass is 35.5. The van der Waals surface area contributed by atoms with Crippen LogP contribution in [0.1, 0.15) is 31.2 Å². The van der Waals surface area contributed by atoms with Crippen molar-refractivity contribution in [2.75, 3.05) is 26.2 Å². The van der Waals surface area contributed by atoms with Crippen LogP contribution in [0.25, 0.3) is 0 Å². The largest absolute Gasteiger partial charge is 0.396 e. The minimum absolute atomic E-state index is 0.120. The van der Waals surface area contributed by atoms with Crippen LogP contribution in [0.2, 0.25) is 5.02 Å². The summed E-state index contributed by atoms with van der Waals surface area (Å²) >= 11 is 5.74. The summed E-state index contributed by atoms with van der Waals surface area (Å²) in [5.74, 6) is 0.313. The first-order valence-corrected chi connectivity index (χ1v) is 9.03. The van der Waals surface area contributed by atoms with Crippen molar-refractivity contribution in [2.24, 2.45) is 5.92 Å². The predicted octanol–water partition coefficient (Wildman–Crippen LogP) is 2.67. The molecule has 1 aromatic rings. The smallest absolute Gasteiger partial charge is 0.222 e. The van der Waals surface area contributed by atoms with Crippen molar-refractivity contribution in [2.45, 2.75) is 38.3 Å². The first-order valence-electron chi connectivity index (χ1n) is 8.65. The third kappa shape index (κ3) is 3.90. The van der Waals surface area contributed by atoms with E-state index in [2.05, 4.69) is 4.90 Å². The van der Waals surface area contributed by atoms with Crippen LogP contribution in [0.3, 0.4) is 0 Å². The lowest BCUT2D eigenvalue weighted by atomic mass is 9.83. The molecule has 24 heavy (non-hydrogen) atoms. The predicted molar refractivity (Wildman–Crippen MR) is 91.2 cm³/mol. The molecule has 6 heteroatoms. The second-order valence-electron chi connectivity index (χ2n) is 6.80. The molecule has 3 rings (SSSR count). The SMILES string of the molecule is O=C1CC[C@H]2CN(Cc3ccc(Cl)c(F)c3)CC[C@H]2N1CCCO. The summed E-state index contributed by atoms with van der Waals surface area (Å²) in [7, 11) is 0. The molecule has 0 radical (unpaired) electrons. The van der Waals surface area contributed by atoms with Crippen LogP contribution in [0.4, 0.5) is 4.39 Å². The van der Waals surface area contributed by atoms with E-state index >= 15 is 0 Å². The Balaban J connectivity index is 1.62. The number of hydrogen-bond donors (Lipinski definition) is 1. The topological polar surface area (TPSA) is 43.8 Å². The summed E-state index contributed by atoms with van der Waals surface area (Å²) < 4.78 is 13.6. The fourth-order valence-corrected chi connectivity index (χ4v) is 4.12. The number of benzene rings is 1. The lowest BCUT2D eigenvalue weighted by Crippen LogP contribution is -2.56. The van der Waals surface area contributed by atoms with Crippen molar-refractivity contribution >= 4 is 17.5 Å². The third-order valence-electron chi connectivity index (χ3n) is 5.17. The van der Waals surface area contributed by atoms with Crippen LogP contribution in [0.15, 0.2) is 18.2 Å². The Morgan fingerprint density at radius 1 is 1.33 bits per heavy atom. The lowest BCUT2D eigenvalue weighted by molar-refractivity contribution is -0.141. The van der Waals surface area contributed by atoms with Crippen molar-refractivity contribution in [1.82, 2.24) is 9.80 Å². The molecular weight excluding hydrogens is 331 g/mol. The molecule has 2 aliphatic heterocycles. The fourth-order valence-electron chi connectivity index (χ4n) is 4.00. The highest BCUT2D eigenvalue weighted by Gasteiger charge is 2.38. The van der Waals surface area contributed by atoms with Gasteiger partial charge in [-0.25, -0.2) is 4.39 Å². The van der Waals surface area contributed by atoms with Gasteiger partial charge in [0.15, 0.2) is 0 Å². The molecule has 0 spiro atoms. The van der Waals surface area contributed by atoms with Gasteiger partial charge in [-0.2, -0.15) is 0 Å². The number of rotatable bonds is 5. The Morgan fingerprint density at radius 2 is 2.17 bits per heavy atom. The first-order chi connectivity index (χ1) is 11.6. The molecule has 1 N–H and O–H groups in total. The zero-order chi connectivity index (χ0) is 17.1. The summed E-state index contributed by atoms with van der Waals surface area (Å²) in [4.78, 5) is 16.5. The number of likely N-dealkylation sites (tertiary alicyclic amines) is 2. The second kappa shape index (κ2) is 7.81. The molecule has 2 atom stereocenters. The van der Waals surface area contributed by atoms with Gasteiger partial charge < -0.3 is 10.0 Å². The zero-order valence-electron chi connectivity index (χ0n) is 13.8. The van der Waals surface area contributed by atoms with E-state index < -0.39 is 0 Å². The number of carbonyl (C=O) groups is 1. The molecule has 4 nitrogen and oxygen atoms in total. The van der Waals surface area contributed by atoms with Gasteiger partial charge in [-0.05, 0) is 42.9 Å². The molecule has 132 valence electrons. The maximum Gasteiger partial charge on any atom is 0.222 e. The second-order valence-corrected chi connectivity index (χ2v) is 7.21. The number of amides is 1. The molecule has 0 aliphatic carbocycles. The standard InChI is InChI=1S/C18H24ClFN2O2/c19-15-4-2-13(10-16(15)20)11-21-8-6-17-14(12-21)3-5-18(24)22(17)7-1-9-23/h2,4,10,14,17,23H,1,3,5-9,11-12H2/t14-,17+/m0/s1. The number of hydrogen-bond acceptors (Lipinski definition) is 3. The summed E-state index contributed by atoms with van der Waals surface area (Å²) in [6.45, 7) is 3.31. The van der Waals surface area contributed by atoms with E-state index in [1.165, 1.54) is 6.07 Å². The number of nitrogens with zero attached hydrogens (tertiary/aromatic N) is 2. The van der Waals surface area contributed by atoms with Gasteiger partial charge in [-0.15, -0.1) is 0 Å². The molecule has 2 aliphatic rings. The van der Waals surface area contributed by atoms with Crippen molar-refractivity contribution in [3.05, 3.63) is 34.6 Å². The molecular formula is C18H24ClFN2O2. The maximum atomic E-state index is 13.6. The van der Waals surface area contributed by atoms with E-state index in [1.807, 2.05) is 11.0 Å². The molecule has 2 heterocycles. The van der Waals surface area contributed by atoms with E-state index in [-0.39, 0.29) is 29.4 Å². The maximum absolute atomic E-state index is 13.6. The molecule has 2 saturated heterocycles. The quantitative estimate of drug-likeness (QED) is 0.884. The average molecular weight is 355 g/mol. The average Bonchev–Trinajstić information content (AvgIpc) is 2.57. The monoisotopic (exact) mass is 354 g/mol. The van der Waals surface area contributed by atoms with Crippen molar-refractivity contribution < 1.29 is 14.3 Å². The number of halogens is 2. The van der Waals surface area contributed by atoms with Crippen LogP contribution in [-0.2, 0) is 11.3 Å². The van der Waals surface area contributed by atoms with Crippen LogP contribution in [-0.4, -0.2) is 53.1 Å². The third-order valence-corrected chi connectivity index (χ3v) is 5.48. The summed E-state index contributed by atoms with van der Waals surface area (Å²) in [5.41, 5.74) is 0.930. The van der Waals surface area contributed by atoms with E-state index in [4.69, 9.17) is 16.7 Å². The summed E-state index contributed by atoms with van der Waals surface area (Å²) in [5, 5.41) is 9.20. The van der Waals surface area contributed by atoms with Gasteiger partial charge >= 0.3 is 0 Å². The Bertz CT molecular complexity index is 598. The van der Waals surface area contributed by atoms with E-state index in [0.29, 0.717) is 31.8 Å². The Morgan fingerprint density at radius 3 is 2.92 bits per heavy atom. The van der Waals surface area contributed by atoms with E-state index in [0.717, 1.165) is 31.5 Å². The first kappa shape index (κ1) is 17.6. The Labute approximate surface area is 147 Å². The van der Waals surface area contributed by atoms with Gasteiger partial charge in [0.1, 0.15) is 5.82 Å². The molecule has 0 aromatic heterocycles. The summed E-state index contributed by atoms with van der Waals surface area (Å²) in [6.07, 6.45) is 3.10. The number of carbonyl (C=O) groups excluding carboxylic acids is 1. The van der Waals surface area contributed by atoms with Gasteiger partial charge in [-0.3, -0.25) is 9.69 Å². The lowest BCUT2D eigenvalue weighted by Gasteiger charge is -2.47. The molecule has 1 amide bonds. The number of aliphatic hydroxyl groups excluding tert-OH is 1. The summed E-state index contributed by atoms with van der Waals surface area (Å²) in [6, 6.07) is 5.27. The number of fused-ring (bicyclic) bond motifs is 1. The van der Waals surface area contributed by atoms with E-state index in [9.17, 15) is 9.18 Å². The molecule has 1 aromatic carbocycles. The van der Waals surface area contributed by atoms with Crippen LogP contribution < -0.4 is 0 Å². The van der Waals surface area contributed by atoms with Crippen molar-refractivity contribution in [1.29, 1.82) is 0 Å². The van der Waals surface area contributed by atoms with Gasteiger partial charge in [0, 0.05) is 45.2 Å². The van der Waals surface area contributed by atoms with Gasteiger partial charge in [0.05, 0.1) is 5.02 Å².